The van der Waals surface area contributed by atoms with Gasteiger partial charge in [-0.1, -0.05) is 32.0 Å². The topological polar surface area (TPSA) is 76.7 Å². The zero-order chi connectivity index (χ0) is 19.8. The summed E-state index contributed by atoms with van der Waals surface area (Å²) in [7, 11) is 0. The number of anilines is 2. The first-order valence-electron chi connectivity index (χ1n) is 9.55. The van der Waals surface area contributed by atoms with E-state index < -0.39 is 0 Å². The fourth-order valence-electron chi connectivity index (χ4n) is 3.89. The Hall–Kier alpha value is -3.02. The van der Waals surface area contributed by atoms with Crippen molar-refractivity contribution in [3.05, 3.63) is 47.0 Å². The molecule has 2 heterocycles. The van der Waals surface area contributed by atoms with E-state index in [9.17, 15) is 9.59 Å². The number of ether oxygens (including phenoxy) is 2. The summed E-state index contributed by atoms with van der Waals surface area (Å²) in [5.41, 5.74) is 4.31. The van der Waals surface area contributed by atoms with Crippen LogP contribution in [0, 0.1) is 12.8 Å². The quantitative estimate of drug-likeness (QED) is 0.834. The molecule has 2 aromatic carbocycles. The van der Waals surface area contributed by atoms with Gasteiger partial charge in [0.1, 0.15) is 0 Å². The van der Waals surface area contributed by atoms with E-state index in [2.05, 4.69) is 10.6 Å². The third-order valence-electron chi connectivity index (χ3n) is 5.20. The number of benzene rings is 2. The summed E-state index contributed by atoms with van der Waals surface area (Å²) in [5, 5.41) is 5.96. The zero-order valence-corrected chi connectivity index (χ0v) is 16.3. The summed E-state index contributed by atoms with van der Waals surface area (Å²) < 4.78 is 11.2. The lowest BCUT2D eigenvalue weighted by Crippen LogP contribution is -2.25. The van der Waals surface area contributed by atoms with Crippen LogP contribution in [-0.4, -0.2) is 18.6 Å². The van der Waals surface area contributed by atoms with Gasteiger partial charge >= 0.3 is 0 Å². The van der Waals surface area contributed by atoms with Crippen molar-refractivity contribution in [2.24, 2.45) is 5.92 Å². The Bertz CT molecular complexity index is 952. The summed E-state index contributed by atoms with van der Waals surface area (Å²) in [5.74, 6) is 1.49. The Morgan fingerprint density at radius 1 is 1.21 bits per heavy atom. The molecule has 0 fully saturated rings. The number of hydrogen-bond donors (Lipinski definition) is 2. The minimum atomic E-state index is -0.125. The lowest BCUT2D eigenvalue weighted by atomic mass is 9.83. The number of nitrogens with one attached hydrogen (secondary N) is 2. The minimum absolute atomic E-state index is 0.0248. The van der Waals surface area contributed by atoms with Crippen molar-refractivity contribution in [1.82, 2.24) is 0 Å². The molecule has 1 unspecified atom stereocenters. The van der Waals surface area contributed by atoms with Crippen molar-refractivity contribution in [2.75, 3.05) is 17.4 Å². The molecule has 1 atom stereocenters. The van der Waals surface area contributed by atoms with Gasteiger partial charge in [0.15, 0.2) is 11.5 Å². The summed E-state index contributed by atoms with van der Waals surface area (Å²) in [4.78, 5) is 24.7. The summed E-state index contributed by atoms with van der Waals surface area (Å²) in [6.45, 7) is 6.13. The first-order valence-corrected chi connectivity index (χ1v) is 9.55. The number of rotatable bonds is 4. The Kier molecular flexibility index (Phi) is 4.71. The molecule has 6 nitrogen and oxygen atoms in total. The maximum absolute atomic E-state index is 12.5. The van der Waals surface area contributed by atoms with Crippen molar-refractivity contribution in [1.29, 1.82) is 0 Å². The van der Waals surface area contributed by atoms with Crippen LogP contribution in [0.2, 0.25) is 0 Å². The third-order valence-corrected chi connectivity index (χ3v) is 5.20. The van der Waals surface area contributed by atoms with Crippen molar-refractivity contribution in [3.8, 4) is 11.5 Å². The molecule has 6 heteroatoms. The molecule has 2 N–H and O–H groups in total. The molecule has 0 bridgehead atoms. The molecule has 2 aliphatic heterocycles. The van der Waals surface area contributed by atoms with Crippen molar-refractivity contribution < 1.29 is 19.1 Å². The molecule has 0 radical (unpaired) electrons. The van der Waals surface area contributed by atoms with Gasteiger partial charge in [-0.2, -0.15) is 0 Å². The predicted octanol–water partition coefficient (Wildman–Crippen LogP) is 4.18. The monoisotopic (exact) mass is 380 g/mol. The lowest BCUT2D eigenvalue weighted by Gasteiger charge is -2.29. The van der Waals surface area contributed by atoms with E-state index in [4.69, 9.17) is 9.47 Å². The first-order chi connectivity index (χ1) is 13.4. The molecule has 2 amide bonds. The molecule has 2 aliphatic rings. The first kappa shape index (κ1) is 18.3. The van der Waals surface area contributed by atoms with E-state index in [0.717, 1.165) is 28.1 Å². The number of hydrogen-bond acceptors (Lipinski definition) is 4. The van der Waals surface area contributed by atoms with Crippen molar-refractivity contribution in [2.45, 2.75) is 39.5 Å². The Morgan fingerprint density at radius 2 is 2.04 bits per heavy atom. The molecule has 0 aromatic heterocycles. The Balaban J connectivity index is 1.72. The number of amides is 2. The van der Waals surface area contributed by atoms with E-state index in [1.54, 1.807) is 0 Å². The van der Waals surface area contributed by atoms with Gasteiger partial charge in [-0.3, -0.25) is 9.59 Å². The van der Waals surface area contributed by atoms with Gasteiger partial charge in [0, 0.05) is 35.7 Å². The standard InChI is InChI=1S/C22H24N2O4/c1-12(2)9-19(25)23-17-8-7-14-16(10-20(26)24-21(14)13(17)3)15-5-4-6-18-22(15)28-11-27-18/h4-8,12,16H,9-11H2,1-3H3,(H,23,25)(H,24,26). The highest BCUT2D eigenvalue weighted by Gasteiger charge is 2.32. The molecule has 0 saturated heterocycles. The van der Waals surface area contributed by atoms with Crippen LogP contribution >= 0.6 is 0 Å². The maximum atomic E-state index is 12.5. The van der Waals surface area contributed by atoms with Crippen LogP contribution in [0.5, 0.6) is 11.5 Å². The second kappa shape index (κ2) is 7.19. The maximum Gasteiger partial charge on any atom is 0.231 e. The lowest BCUT2D eigenvalue weighted by molar-refractivity contribution is -0.117. The number of carbonyl (C=O) groups excluding carboxylic acids is 2. The fraction of sp³-hybridized carbons (Fsp3) is 0.364. The highest BCUT2D eigenvalue weighted by atomic mass is 16.7. The van der Waals surface area contributed by atoms with Gasteiger partial charge in [-0.05, 0) is 36.1 Å². The van der Waals surface area contributed by atoms with Crippen LogP contribution in [0.25, 0.3) is 0 Å². The van der Waals surface area contributed by atoms with E-state index in [1.807, 2.05) is 51.1 Å². The Morgan fingerprint density at radius 3 is 2.82 bits per heavy atom. The van der Waals surface area contributed by atoms with Crippen molar-refractivity contribution in [3.63, 3.8) is 0 Å². The Labute approximate surface area is 164 Å². The SMILES string of the molecule is Cc1c(NC(=O)CC(C)C)ccc2c1NC(=O)CC2c1cccc2c1OCO2. The van der Waals surface area contributed by atoms with E-state index in [-0.39, 0.29) is 30.4 Å². The highest BCUT2D eigenvalue weighted by Crippen LogP contribution is 2.47. The van der Waals surface area contributed by atoms with Crippen LogP contribution in [0.1, 0.15) is 49.3 Å². The number of fused-ring (bicyclic) bond motifs is 2. The minimum Gasteiger partial charge on any atom is -0.454 e. The van der Waals surface area contributed by atoms with Crippen molar-refractivity contribution >= 4 is 23.2 Å². The number of carbonyl (C=O) groups is 2. The van der Waals surface area contributed by atoms with Gasteiger partial charge in [0.05, 0.1) is 0 Å². The molecule has 28 heavy (non-hydrogen) atoms. The van der Waals surface area contributed by atoms with E-state index >= 15 is 0 Å². The molecular formula is C22H24N2O4. The second-order valence-corrected chi connectivity index (χ2v) is 7.73. The van der Waals surface area contributed by atoms with Gasteiger partial charge in [-0.15, -0.1) is 0 Å². The van der Waals surface area contributed by atoms with Crippen LogP contribution in [0.4, 0.5) is 11.4 Å². The normalized spacial score (nSPS) is 17.3. The largest absolute Gasteiger partial charge is 0.454 e. The molecule has 146 valence electrons. The van der Waals surface area contributed by atoms with Gasteiger partial charge in [0.25, 0.3) is 0 Å². The van der Waals surface area contributed by atoms with Crippen LogP contribution < -0.4 is 20.1 Å². The van der Waals surface area contributed by atoms with Gasteiger partial charge in [-0.25, -0.2) is 0 Å². The second-order valence-electron chi connectivity index (χ2n) is 7.73. The summed E-state index contributed by atoms with van der Waals surface area (Å²) in [6.07, 6.45) is 0.796. The molecule has 0 spiro atoms. The summed E-state index contributed by atoms with van der Waals surface area (Å²) >= 11 is 0. The molecule has 4 rings (SSSR count). The highest BCUT2D eigenvalue weighted by molar-refractivity contribution is 5.99. The number of para-hydroxylation sites is 1. The predicted molar refractivity (Wildman–Crippen MR) is 107 cm³/mol. The van der Waals surface area contributed by atoms with E-state index in [1.165, 1.54) is 0 Å². The molecule has 0 saturated carbocycles. The van der Waals surface area contributed by atoms with E-state index in [0.29, 0.717) is 24.3 Å². The third kappa shape index (κ3) is 3.30. The van der Waals surface area contributed by atoms with Crippen LogP contribution in [0.15, 0.2) is 30.3 Å². The molecular weight excluding hydrogens is 356 g/mol. The average Bonchev–Trinajstić information content (AvgIpc) is 3.12. The van der Waals surface area contributed by atoms with Gasteiger partial charge < -0.3 is 20.1 Å². The average molecular weight is 380 g/mol. The smallest absolute Gasteiger partial charge is 0.231 e. The van der Waals surface area contributed by atoms with Crippen LogP contribution in [0.3, 0.4) is 0 Å². The molecule has 2 aromatic rings. The van der Waals surface area contributed by atoms with Gasteiger partial charge in [0.2, 0.25) is 18.6 Å². The molecule has 0 aliphatic carbocycles. The zero-order valence-electron chi connectivity index (χ0n) is 16.3. The van der Waals surface area contributed by atoms with Crippen LogP contribution in [-0.2, 0) is 9.59 Å². The fourth-order valence-corrected chi connectivity index (χ4v) is 3.89. The summed E-state index contributed by atoms with van der Waals surface area (Å²) in [6, 6.07) is 9.66.